The summed E-state index contributed by atoms with van der Waals surface area (Å²) >= 11 is 0. The number of hydrogen-bond donors (Lipinski definition) is 0. The van der Waals surface area contributed by atoms with E-state index in [0.717, 1.165) is 41.4 Å². The van der Waals surface area contributed by atoms with Crippen LogP contribution < -0.4 is 0 Å². The number of amides is 1. The summed E-state index contributed by atoms with van der Waals surface area (Å²) in [6.07, 6.45) is 2.92. The summed E-state index contributed by atoms with van der Waals surface area (Å²) in [6, 6.07) is 20.1. The van der Waals surface area contributed by atoms with Crippen LogP contribution in [0, 0.1) is 11.8 Å². The maximum absolute atomic E-state index is 13.4. The highest BCUT2D eigenvalue weighted by Gasteiger charge is 2.55. The minimum Gasteiger partial charge on any atom is -0.271 e. The van der Waals surface area contributed by atoms with Crippen molar-refractivity contribution in [2.45, 2.75) is 44.6 Å². The summed E-state index contributed by atoms with van der Waals surface area (Å²) in [5.41, 5.74) is 1.98. The number of rotatable bonds is 5. The highest BCUT2D eigenvalue weighted by atomic mass is 16.7. The van der Waals surface area contributed by atoms with Gasteiger partial charge in [-0.1, -0.05) is 74.7 Å². The largest absolute Gasteiger partial charge is 0.354 e. The first-order valence-electron chi connectivity index (χ1n) is 10.2. The molecule has 4 nitrogen and oxygen atoms in total. The topological polar surface area (TPSA) is 34.5 Å². The Bertz CT molecular complexity index is 1090. The van der Waals surface area contributed by atoms with E-state index in [1.165, 1.54) is 5.06 Å². The average molecular weight is 386 g/mol. The van der Waals surface area contributed by atoms with E-state index in [1.54, 1.807) is 11.7 Å². The van der Waals surface area contributed by atoms with Gasteiger partial charge in [0.15, 0.2) is 5.54 Å². The molecular formula is C25H26N2O2. The van der Waals surface area contributed by atoms with Crippen LogP contribution in [0.2, 0.25) is 0 Å². The van der Waals surface area contributed by atoms with Crippen molar-refractivity contribution in [1.29, 1.82) is 0 Å². The summed E-state index contributed by atoms with van der Waals surface area (Å²) in [5.74, 6) is 6.76. The highest BCUT2D eigenvalue weighted by molar-refractivity contribution is 5.96. The Morgan fingerprint density at radius 2 is 1.83 bits per heavy atom. The Morgan fingerprint density at radius 3 is 2.55 bits per heavy atom. The fourth-order valence-corrected chi connectivity index (χ4v) is 4.28. The van der Waals surface area contributed by atoms with Gasteiger partial charge in [-0.15, -0.1) is 5.92 Å². The van der Waals surface area contributed by atoms with Gasteiger partial charge < -0.3 is 0 Å². The van der Waals surface area contributed by atoms with E-state index in [-0.39, 0.29) is 11.9 Å². The molecule has 0 aliphatic carbocycles. The second-order valence-corrected chi connectivity index (χ2v) is 7.49. The van der Waals surface area contributed by atoms with Crippen molar-refractivity contribution >= 4 is 16.9 Å². The number of fused-ring (bicyclic) bond motifs is 3. The van der Waals surface area contributed by atoms with Crippen LogP contribution in [-0.4, -0.2) is 22.8 Å². The third-order valence-corrected chi connectivity index (χ3v) is 5.83. The second kappa shape index (κ2) is 7.77. The molecule has 1 aliphatic heterocycles. The predicted molar refractivity (Wildman–Crippen MR) is 115 cm³/mol. The Kier molecular flexibility index (Phi) is 5.17. The lowest BCUT2D eigenvalue weighted by molar-refractivity contribution is -0.138. The molecule has 0 N–H and O–H groups in total. The van der Waals surface area contributed by atoms with E-state index in [2.05, 4.69) is 43.9 Å². The molecule has 1 aliphatic rings. The molecule has 0 bridgehead atoms. The van der Waals surface area contributed by atoms with E-state index in [0.29, 0.717) is 0 Å². The van der Waals surface area contributed by atoms with Gasteiger partial charge in [-0.3, -0.25) is 9.40 Å². The Morgan fingerprint density at radius 1 is 1.10 bits per heavy atom. The first kappa shape index (κ1) is 19.3. The van der Waals surface area contributed by atoms with Crippen molar-refractivity contribution < 1.29 is 9.63 Å². The molecule has 0 spiro atoms. The number of carbonyl (C=O) groups excluding carboxylic acids is 1. The Labute approximate surface area is 172 Å². The Balaban J connectivity index is 1.98. The molecule has 2 atom stereocenters. The average Bonchev–Trinajstić information content (AvgIpc) is 3.25. The number of aromatic nitrogens is 1. The van der Waals surface area contributed by atoms with Gasteiger partial charge in [0.2, 0.25) is 0 Å². The lowest BCUT2D eigenvalue weighted by atomic mass is 9.78. The normalized spacial score (nSPS) is 19.1. The molecule has 29 heavy (non-hydrogen) atoms. The zero-order chi connectivity index (χ0) is 20.4. The van der Waals surface area contributed by atoms with Gasteiger partial charge >= 0.3 is 6.03 Å². The van der Waals surface area contributed by atoms with Crippen LogP contribution in [0.15, 0.2) is 60.7 Å². The van der Waals surface area contributed by atoms with Gasteiger partial charge in [0, 0.05) is 17.7 Å². The predicted octanol–water partition coefficient (Wildman–Crippen LogP) is 5.68. The molecule has 0 radical (unpaired) electrons. The number of para-hydroxylation sites is 1. The molecule has 3 aromatic rings. The van der Waals surface area contributed by atoms with Gasteiger partial charge in [-0.05, 0) is 24.1 Å². The van der Waals surface area contributed by atoms with Crippen LogP contribution in [0.5, 0.6) is 0 Å². The minimum absolute atomic E-state index is 0.0766. The maximum atomic E-state index is 13.4. The quantitative estimate of drug-likeness (QED) is 0.418. The van der Waals surface area contributed by atoms with E-state index in [9.17, 15) is 4.79 Å². The number of benzene rings is 2. The van der Waals surface area contributed by atoms with E-state index >= 15 is 0 Å². The first-order chi connectivity index (χ1) is 14.1. The zero-order valence-electron chi connectivity index (χ0n) is 17.2. The summed E-state index contributed by atoms with van der Waals surface area (Å²) in [4.78, 5) is 19.1. The molecule has 2 unspecified atom stereocenters. The Hall–Kier alpha value is -3.03. The molecule has 4 rings (SSSR count). The standard InChI is InChI=1S/C25H26N2O2/c1-4-5-6-12-17-25(19(2)20-13-8-7-9-14-20)23-18-21-15-10-11-16-22(21)26(23)24(28)27(25)29-3/h7-11,13-16,18-19H,4-6H2,1-3H3. The van der Waals surface area contributed by atoms with Crippen molar-refractivity contribution in [2.75, 3.05) is 7.11 Å². The van der Waals surface area contributed by atoms with Crippen molar-refractivity contribution in [3.05, 3.63) is 71.9 Å². The molecular weight excluding hydrogens is 360 g/mol. The third-order valence-electron chi connectivity index (χ3n) is 5.83. The van der Waals surface area contributed by atoms with Crippen molar-refractivity contribution in [1.82, 2.24) is 9.63 Å². The fourth-order valence-electron chi connectivity index (χ4n) is 4.28. The molecule has 2 heterocycles. The van der Waals surface area contributed by atoms with E-state index in [4.69, 9.17) is 4.84 Å². The summed E-state index contributed by atoms with van der Waals surface area (Å²) in [5, 5.41) is 2.50. The molecule has 4 heteroatoms. The molecule has 0 saturated heterocycles. The number of carbonyl (C=O) groups is 1. The molecule has 1 aromatic heterocycles. The lowest BCUT2D eigenvalue weighted by Crippen LogP contribution is -2.46. The van der Waals surface area contributed by atoms with Gasteiger partial charge in [0.05, 0.1) is 18.3 Å². The lowest BCUT2D eigenvalue weighted by Gasteiger charge is -2.36. The SMILES string of the molecule is CCCCC#CC1(C(C)c2ccccc2)c2cc3ccccc3n2C(=O)N1OC. The summed E-state index contributed by atoms with van der Waals surface area (Å²) in [6.45, 7) is 4.28. The van der Waals surface area contributed by atoms with Crippen molar-refractivity contribution in [3.63, 3.8) is 0 Å². The van der Waals surface area contributed by atoms with Gasteiger partial charge in [-0.2, -0.15) is 5.06 Å². The zero-order valence-corrected chi connectivity index (χ0v) is 17.2. The minimum atomic E-state index is -0.889. The first-order valence-corrected chi connectivity index (χ1v) is 10.2. The van der Waals surface area contributed by atoms with Crippen LogP contribution in [-0.2, 0) is 10.4 Å². The van der Waals surface area contributed by atoms with Gasteiger partial charge in [-0.25, -0.2) is 4.79 Å². The molecule has 1 amide bonds. The number of unbranched alkanes of at least 4 members (excludes halogenated alkanes) is 2. The smallest absolute Gasteiger partial charge is 0.271 e. The van der Waals surface area contributed by atoms with Crippen LogP contribution >= 0.6 is 0 Å². The van der Waals surface area contributed by atoms with Crippen LogP contribution in [0.1, 0.15) is 50.3 Å². The number of hydrogen-bond acceptors (Lipinski definition) is 2. The molecule has 148 valence electrons. The number of nitrogens with zero attached hydrogens (tertiary/aromatic N) is 2. The molecule has 2 aromatic carbocycles. The highest BCUT2D eigenvalue weighted by Crippen LogP contribution is 2.48. The summed E-state index contributed by atoms with van der Waals surface area (Å²) in [7, 11) is 1.55. The van der Waals surface area contributed by atoms with E-state index in [1.807, 2.05) is 42.5 Å². The van der Waals surface area contributed by atoms with Gasteiger partial charge in [0.1, 0.15) is 0 Å². The molecule has 0 fully saturated rings. The van der Waals surface area contributed by atoms with E-state index < -0.39 is 5.54 Å². The van der Waals surface area contributed by atoms with Crippen molar-refractivity contribution in [2.24, 2.45) is 0 Å². The summed E-state index contributed by atoms with van der Waals surface area (Å²) < 4.78 is 1.76. The molecule has 0 saturated carbocycles. The second-order valence-electron chi connectivity index (χ2n) is 7.49. The maximum Gasteiger partial charge on any atom is 0.354 e. The van der Waals surface area contributed by atoms with Gasteiger partial charge in [0.25, 0.3) is 0 Å². The fraction of sp³-hybridized carbons (Fsp3) is 0.320. The third kappa shape index (κ3) is 2.94. The van der Waals surface area contributed by atoms with Crippen LogP contribution in [0.3, 0.4) is 0 Å². The van der Waals surface area contributed by atoms with Crippen LogP contribution in [0.4, 0.5) is 4.79 Å². The van der Waals surface area contributed by atoms with Crippen molar-refractivity contribution in [3.8, 4) is 11.8 Å². The monoisotopic (exact) mass is 386 g/mol. The van der Waals surface area contributed by atoms with Crippen LogP contribution in [0.25, 0.3) is 10.9 Å². The number of hydroxylamine groups is 2.